The molecule has 0 saturated carbocycles. The number of aromatic nitrogens is 3. The Morgan fingerprint density at radius 3 is 2.76 bits per heavy atom. The first kappa shape index (κ1) is 22.6. The molecular weight excluding hydrogens is 447 g/mol. The SMILES string of the molecule is COc1nc(N2CCNC(CC#N)C2)c2cnc(-c3cccc(F)c3C(F)(F)F)c(F)c2n1. The summed E-state index contributed by atoms with van der Waals surface area (Å²) in [5.41, 5.74) is -3.35. The van der Waals surface area contributed by atoms with Gasteiger partial charge in [0.25, 0.3) is 0 Å². The first-order chi connectivity index (χ1) is 15.7. The minimum atomic E-state index is -5.06. The molecule has 0 spiro atoms. The molecule has 1 aromatic carbocycles. The van der Waals surface area contributed by atoms with Gasteiger partial charge in [0.1, 0.15) is 28.4 Å². The van der Waals surface area contributed by atoms with E-state index >= 15 is 4.39 Å². The lowest BCUT2D eigenvalue weighted by Gasteiger charge is -2.34. The van der Waals surface area contributed by atoms with Gasteiger partial charge >= 0.3 is 12.2 Å². The molecule has 0 bridgehead atoms. The van der Waals surface area contributed by atoms with Gasteiger partial charge in [0.2, 0.25) is 0 Å². The van der Waals surface area contributed by atoms with Crippen molar-refractivity contribution < 1.29 is 26.7 Å². The van der Waals surface area contributed by atoms with E-state index in [9.17, 15) is 17.6 Å². The summed E-state index contributed by atoms with van der Waals surface area (Å²) >= 11 is 0. The van der Waals surface area contributed by atoms with E-state index in [-0.39, 0.29) is 35.2 Å². The lowest BCUT2D eigenvalue weighted by Crippen LogP contribution is -2.51. The van der Waals surface area contributed by atoms with Gasteiger partial charge in [-0.15, -0.1) is 0 Å². The molecule has 1 unspecified atom stereocenters. The second kappa shape index (κ2) is 8.74. The third-order valence-electron chi connectivity index (χ3n) is 5.27. The quantitative estimate of drug-likeness (QED) is 0.590. The first-order valence-corrected chi connectivity index (χ1v) is 9.86. The van der Waals surface area contributed by atoms with Crippen molar-refractivity contribution in [2.75, 3.05) is 31.6 Å². The smallest absolute Gasteiger partial charge is 0.419 e. The van der Waals surface area contributed by atoms with Crippen LogP contribution in [0.5, 0.6) is 6.01 Å². The number of piperazine rings is 1. The van der Waals surface area contributed by atoms with E-state index < -0.39 is 34.6 Å². The molecule has 3 heterocycles. The van der Waals surface area contributed by atoms with Crippen LogP contribution in [0, 0.1) is 23.0 Å². The van der Waals surface area contributed by atoms with Gasteiger partial charge in [0.15, 0.2) is 5.82 Å². The number of pyridine rings is 1. The molecule has 1 atom stereocenters. The molecule has 0 amide bonds. The summed E-state index contributed by atoms with van der Waals surface area (Å²) in [5.74, 6) is -2.42. The van der Waals surface area contributed by atoms with Crippen molar-refractivity contribution in [2.45, 2.75) is 18.6 Å². The van der Waals surface area contributed by atoms with Crippen molar-refractivity contribution in [1.82, 2.24) is 20.3 Å². The highest BCUT2D eigenvalue weighted by atomic mass is 19.4. The van der Waals surface area contributed by atoms with Crippen molar-refractivity contribution in [3.8, 4) is 23.3 Å². The van der Waals surface area contributed by atoms with Gasteiger partial charge in [0, 0.05) is 37.4 Å². The summed E-state index contributed by atoms with van der Waals surface area (Å²) in [6.45, 7) is 1.39. The maximum absolute atomic E-state index is 15.5. The topological polar surface area (TPSA) is 87.0 Å². The highest BCUT2D eigenvalue weighted by Crippen LogP contribution is 2.40. The maximum atomic E-state index is 15.5. The summed E-state index contributed by atoms with van der Waals surface area (Å²) in [7, 11) is 1.27. The van der Waals surface area contributed by atoms with Crippen LogP contribution in [0.4, 0.5) is 27.8 Å². The Morgan fingerprint density at radius 2 is 2.06 bits per heavy atom. The summed E-state index contributed by atoms with van der Waals surface area (Å²) in [4.78, 5) is 14.0. The van der Waals surface area contributed by atoms with Crippen LogP contribution in [-0.2, 0) is 6.18 Å². The van der Waals surface area contributed by atoms with E-state index in [1.807, 2.05) is 0 Å². The number of anilines is 1. The first-order valence-electron chi connectivity index (χ1n) is 9.86. The zero-order chi connectivity index (χ0) is 23.8. The number of halogens is 5. The van der Waals surface area contributed by atoms with E-state index in [2.05, 4.69) is 26.3 Å². The van der Waals surface area contributed by atoms with Crippen LogP contribution in [0.3, 0.4) is 0 Å². The fourth-order valence-corrected chi connectivity index (χ4v) is 3.82. The molecule has 1 saturated heterocycles. The molecule has 0 radical (unpaired) electrons. The van der Waals surface area contributed by atoms with Crippen LogP contribution in [0.1, 0.15) is 12.0 Å². The predicted octanol–water partition coefficient (Wildman–Crippen LogP) is 3.69. The average molecular weight is 464 g/mol. The Bertz CT molecular complexity index is 1240. The van der Waals surface area contributed by atoms with E-state index in [4.69, 9.17) is 10.00 Å². The second-order valence-electron chi connectivity index (χ2n) is 7.34. The summed E-state index contributed by atoms with van der Waals surface area (Å²) in [6, 6.07) is 4.38. The fourth-order valence-electron chi connectivity index (χ4n) is 3.82. The van der Waals surface area contributed by atoms with E-state index in [0.29, 0.717) is 25.7 Å². The number of fused-ring (bicyclic) bond motifs is 1. The molecule has 1 aliphatic heterocycles. The number of alkyl halides is 3. The largest absolute Gasteiger partial charge is 0.467 e. The van der Waals surface area contributed by atoms with Gasteiger partial charge < -0.3 is 15.0 Å². The number of methoxy groups -OCH3 is 1. The van der Waals surface area contributed by atoms with Crippen LogP contribution in [0.15, 0.2) is 24.4 Å². The van der Waals surface area contributed by atoms with Gasteiger partial charge in [-0.2, -0.15) is 28.4 Å². The van der Waals surface area contributed by atoms with Crippen LogP contribution < -0.4 is 15.0 Å². The van der Waals surface area contributed by atoms with Gasteiger partial charge in [0.05, 0.1) is 25.0 Å². The monoisotopic (exact) mass is 464 g/mol. The van der Waals surface area contributed by atoms with Crippen LogP contribution >= 0.6 is 0 Å². The number of ether oxygens (including phenoxy) is 1. The molecule has 33 heavy (non-hydrogen) atoms. The average Bonchev–Trinajstić information content (AvgIpc) is 2.78. The van der Waals surface area contributed by atoms with Crippen molar-refractivity contribution >= 4 is 16.7 Å². The molecule has 12 heteroatoms. The standard InChI is InChI=1S/C21H17F5N6O/c1-33-20-30-18-13(19(31-20)32-8-7-28-11(10-32)5-6-27)9-29-17(16(18)23)12-3-2-4-14(22)15(12)21(24,25)26/h2-4,9,11,28H,5,7-8,10H2,1H3. The Hall–Kier alpha value is -3.59. The number of hydrogen-bond donors (Lipinski definition) is 1. The number of nitriles is 1. The number of hydrogen-bond acceptors (Lipinski definition) is 7. The van der Waals surface area contributed by atoms with E-state index in [1.54, 1.807) is 4.90 Å². The third kappa shape index (κ3) is 4.23. The van der Waals surface area contributed by atoms with Crippen molar-refractivity contribution in [2.24, 2.45) is 0 Å². The molecule has 1 N–H and O–H groups in total. The van der Waals surface area contributed by atoms with Crippen molar-refractivity contribution in [3.63, 3.8) is 0 Å². The maximum Gasteiger partial charge on any atom is 0.419 e. The highest BCUT2D eigenvalue weighted by molar-refractivity contribution is 5.92. The Kier molecular flexibility index (Phi) is 5.99. The number of rotatable bonds is 4. The number of benzene rings is 1. The number of nitrogens with one attached hydrogen (secondary N) is 1. The molecule has 0 aliphatic carbocycles. The zero-order valence-electron chi connectivity index (χ0n) is 17.2. The lowest BCUT2D eigenvalue weighted by atomic mass is 10.0. The van der Waals surface area contributed by atoms with Crippen LogP contribution in [0.2, 0.25) is 0 Å². The second-order valence-corrected chi connectivity index (χ2v) is 7.34. The molecule has 3 aromatic rings. The van der Waals surface area contributed by atoms with Crippen LogP contribution in [0.25, 0.3) is 22.2 Å². The lowest BCUT2D eigenvalue weighted by molar-refractivity contribution is -0.139. The Morgan fingerprint density at radius 1 is 1.27 bits per heavy atom. The molecule has 2 aromatic heterocycles. The summed E-state index contributed by atoms with van der Waals surface area (Å²) in [5, 5.41) is 12.3. The Balaban J connectivity index is 1.90. The Labute approximate surface area is 184 Å². The molecule has 7 nitrogen and oxygen atoms in total. The van der Waals surface area contributed by atoms with Gasteiger partial charge in [-0.05, 0) is 6.07 Å². The number of nitrogens with zero attached hydrogens (tertiary/aromatic N) is 5. The molecule has 1 fully saturated rings. The van der Waals surface area contributed by atoms with Crippen LogP contribution in [-0.4, -0.2) is 47.7 Å². The normalized spacial score (nSPS) is 16.6. The molecular formula is C21H17F5N6O. The van der Waals surface area contributed by atoms with Crippen molar-refractivity contribution in [3.05, 3.63) is 41.6 Å². The van der Waals surface area contributed by atoms with Gasteiger partial charge in [-0.25, -0.2) is 8.78 Å². The van der Waals surface area contributed by atoms with E-state index in [1.165, 1.54) is 7.11 Å². The predicted molar refractivity (Wildman–Crippen MR) is 108 cm³/mol. The summed E-state index contributed by atoms with van der Waals surface area (Å²) in [6.07, 6.45) is -3.66. The molecule has 1 aliphatic rings. The minimum Gasteiger partial charge on any atom is -0.467 e. The van der Waals surface area contributed by atoms with Gasteiger partial charge in [-0.1, -0.05) is 12.1 Å². The third-order valence-corrected chi connectivity index (χ3v) is 5.27. The van der Waals surface area contributed by atoms with Gasteiger partial charge in [-0.3, -0.25) is 4.98 Å². The minimum absolute atomic E-state index is 0.152. The van der Waals surface area contributed by atoms with E-state index in [0.717, 1.165) is 18.3 Å². The summed E-state index contributed by atoms with van der Waals surface area (Å²) < 4.78 is 75.2. The molecule has 172 valence electrons. The van der Waals surface area contributed by atoms with Crippen molar-refractivity contribution in [1.29, 1.82) is 5.26 Å². The zero-order valence-corrected chi connectivity index (χ0v) is 17.2. The molecule has 4 rings (SSSR count). The highest BCUT2D eigenvalue weighted by Gasteiger charge is 2.38. The fraction of sp³-hybridized carbons (Fsp3) is 0.333.